The minimum Gasteiger partial charge on any atom is -0.352 e. The monoisotopic (exact) mass is 495 g/mol. The van der Waals surface area contributed by atoms with Crippen LogP contribution in [0.2, 0.25) is 0 Å². The molecule has 1 atom stereocenters. The van der Waals surface area contributed by atoms with Gasteiger partial charge in [-0.25, -0.2) is 4.98 Å². The summed E-state index contributed by atoms with van der Waals surface area (Å²) in [6.45, 7) is 0.666. The number of carbonyl (C=O) groups excluding carboxylic acids is 2. The van der Waals surface area contributed by atoms with E-state index in [1.165, 1.54) is 17.5 Å². The molecule has 2 fully saturated rings. The summed E-state index contributed by atoms with van der Waals surface area (Å²) in [6, 6.07) is 3.22. The number of pyridine rings is 1. The Morgan fingerprint density at radius 2 is 2.06 bits per heavy atom. The highest BCUT2D eigenvalue weighted by molar-refractivity contribution is 7.17. The molecular weight excluding hydrogens is 469 g/mol. The molecular formula is C24H26FN7O2S. The first-order valence-corrected chi connectivity index (χ1v) is 12.9. The van der Waals surface area contributed by atoms with Crippen molar-refractivity contribution in [3.8, 4) is 0 Å². The molecule has 3 aliphatic carbocycles. The minimum absolute atomic E-state index is 0.000169. The van der Waals surface area contributed by atoms with Crippen LogP contribution in [0.3, 0.4) is 0 Å². The van der Waals surface area contributed by atoms with Gasteiger partial charge in [0.15, 0.2) is 0 Å². The third kappa shape index (κ3) is 4.64. The number of hydrogen-bond acceptors (Lipinski definition) is 7. The van der Waals surface area contributed by atoms with Crippen LogP contribution in [0, 0.1) is 17.8 Å². The Bertz CT molecular complexity index is 1280. The standard InChI is InChI=1S/C24H26FN7O2S/c25-20-17(2-1-9-26-20)29-24-31-28-12-32(24)15-7-8-18-16(10-15)19(22(34)27-11-13-3-4-13)23(35-18)30-21(33)14-5-6-14/h1-2,9,12-15H,3-8,10-11H2,(H,27,34)(H,29,31)(H,30,33)/t15-/m0/s1. The lowest BCUT2D eigenvalue weighted by Crippen LogP contribution is -2.28. The normalized spacial score (nSPS) is 19.2. The SMILES string of the molecule is O=C(NCC1CC1)c1c(NC(=O)C2CC2)sc2c1C[C@@H](n1cnnc1Nc1cccnc1F)CC2. The van der Waals surface area contributed by atoms with Gasteiger partial charge >= 0.3 is 0 Å². The summed E-state index contributed by atoms with van der Waals surface area (Å²) in [5, 5.41) is 17.9. The predicted molar refractivity (Wildman–Crippen MR) is 129 cm³/mol. The number of rotatable bonds is 8. The van der Waals surface area contributed by atoms with E-state index in [9.17, 15) is 14.0 Å². The van der Waals surface area contributed by atoms with Crippen molar-refractivity contribution in [1.29, 1.82) is 0 Å². The fourth-order valence-corrected chi connectivity index (χ4v) is 5.78. The predicted octanol–water partition coefficient (Wildman–Crippen LogP) is 3.84. The third-order valence-corrected chi connectivity index (χ3v) is 8.07. The Hall–Kier alpha value is -3.34. The fraction of sp³-hybridized carbons (Fsp3) is 0.458. The molecule has 0 spiro atoms. The van der Waals surface area contributed by atoms with Gasteiger partial charge in [0, 0.05) is 29.6 Å². The van der Waals surface area contributed by atoms with Crippen LogP contribution in [0.1, 0.15) is 58.9 Å². The highest BCUT2D eigenvalue weighted by Crippen LogP contribution is 2.43. The zero-order valence-electron chi connectivity index (χ0n) is 19.1. The number of aromatic nitrogens is 4. The van der Waals surface area contributed by atoms with Crippen molar-refractivity contribution >= 4 is 39.8 Å². The second kappa shape index (κ2) is 9.03. The van der Waals surface area contributed by atoms with E-state index in [1.807, 2.05) is 4.57 Å². The molecule has 11 heteroatoms. The van der Waals surface area contributed by atoms with Gasteiger partial charge in [-0.15, -0.1) is 21.5 Å². The van der Waals surface area contributed by atoms with E-state index in [4.69, 9.17) is 0 Å². The summed E-state index contributed by atoms with van der Waals surface area (Å²) >= 11 is 1.51. The summed E-state index contributed by atoms with van der Waals surface area (Å²) in [5.74, 6) is 0.298. The lowest BCUT2D eigenvalue weighted by Gasteiger charge is -2.25. The minimum atomic E-state index is -0.614. The number of nitrogens with zero attached hydrogens (tertiary/aromatic N) is 4. The number of halogens is 1. The molecule has 6 rings (SSSR count). The van der Waals surface area contributed by atoms with Gasteiger partial charge in [0.1, 0.15) is 11.3 Å². The molecule has 35 heavy (non-hydrogen) atoms. The summed E-state index contributed by atoms with van der Waals surface area (Å²) in [7, 11) is 0. The van der Waals surface area contributed by atoms with Gasteiger partial charge in [-0.3, -0.25) is 14.2 Å². The summed E-state index contributed by atoms with van der Waals surface area (Å²) in [5.41, 5.74) is 1.78. The van der Waals surface area contributed by atoms with Gasteiger partial charge in [-0.2, -0.15) is 4.39 Å². The van der Waals surface area contributed by atoms with E-state index >= 15 is 0 Å². The maximum absolute atomic E-state index is 14.1. The maximum atomic E-state index is 14.1. The molecule has 3 aromatic rings. The van der Waals surface area contributed by atoms with Crippen LogP contribution in [-0.4, -0.2) is 38.1 Å². The van der Waals surface area contributed by atoms with Crippen molar-refractivity contribution in [2.45, 2.75) is 51.0 Å². The second-order valence-corrected chi connectivity index (χ2v) is 10.7. The molecule has 0 unspecified atom stereocenters. The van der Waals surface area contributed by atoms with Gasteiger partial charge in [0.2, 0.25) is 17.8 Å². The average Bonchev–Trinajstić information content (AvgIpc) is 3.78. The average molecular weight is 496 g/mol. The number of anilines is 3. The molecule has 0 aliphatic heterocycles. The van der Waals surface area contributed by atoms with Crippen molar-refractivity contribution in [2.24, 2.45) is 11.8 Å². The first kappa shape index (κ1) is 22.1. The van der Waals surface area contributed by atoms with E-state index < -0.39 is 5.95 Å². The highest BCUT2D eigenvalue weighted by atomic mass is 32.1. The molecule has 2 amide bonds. The van der Waals surface area contributed by atoms with E-state index in [-0.39, 0.29) is 29.5 Å². The van der Waals surface area contributed by atoms with Gasteiger partial charge < -0.3 is 16.0 Å². The molecule has 3 heterocycles. The summed E-state index contributed by atoms with van der Waals surface area (Å²) in [4.78, 5) is 30.6. The number of amides is 2. The van der Waals surface area contributed by atoms with Crippen LogP contribution in [0.15, 0.2) is 24.7 Å². The zero-order chi connectivity index (χ0) is 23.9. The van der Waals surface area contributed by atoms with Crippen LogP contribution in [0.4, 0.5) is 21.0 Å². The van der Waals surface area contributed by atoms with E-state index in [0.717, 1.165) is 49.0 Å². The highest BCUT2D eigenvalue weighted by Gasteiger charge is 2.35. The first-order chi connectivity index (χ1) is 17.1. The third-order valence-electron chi connectivity index (χ3n) is 6.87. The van der Waals surface area contributed by atoms with Crippen LogP contribution >= 0.6 is 11.3 Å². The van der Waals surface area contributed by atoms with Crippen LogP contribution in [0.5, 0.6) is 0 Å². The smallest absolute Gasteiger partial charge is 0.254 e. The molecule has 182 valence electrons. The molecule has 0 radical (unpaired) electrons. The van der Waals surface area contributed by atoms with Crippen molar-refractivity contribution in [2.75, 3.05) is 17.2 Å². The van der Waals surface area contributed by atoms with Crippen molar-refractivity contribution in [1.82, 2.24) is 25.1 Å². The molecule has 9 nitrogen and oxygen atoms in total. The Morgan fingerprint density at radius 3 is 2.83 bits per heavy atom. The number of carbonyl (C=O) groups is 2. The molecule has 0 bridgehead atoms. The van der Waals surface area contributed by atoms with E-state index in [0.29, 0.717) is 35.4 Å². The molecule has 0 saturated heterocycles. The van der Waals surface area contributed by atoms with Crippen LogP contribution < -0.4 is 16.0 Å². The second-order valence-electron chi connectivity index (χ2n) is 9.55. The van der Waals surface area contributed by atoms with Crippen molar-refractivity contribution in [3.05, 3.63) is 46.6 Å². The largest absolute Gasteiger partial charge is 0.352 e. The van der Waals surface area contributed by atoms with Gasteiger partial charge in [-0.1, -0.05) is 0 Å². The molecule has 3 N–H and O–H groups in total. The molecule has 3 aromatic heterocycles. The quantitative estimate of drug-likeness (QED) is 0.409. The maximum Gasteiger partial charge on any atom is 0.254 e. The number of fused-ring (bicyclic) bond motifs is 1. The Labute approximate surface area is 205 Å². The number of hydrogen-bond donors (Lipinski definition) is 3. The van der Waals surface area contributed by atoms with Gasteiger partial charge in [0.25, 0.3) is 5.91 Å². The lowest BCUT2D eigenvalue weighted by molar-refractivity contribution is -0.117. The summed E-state index contributed by atoms with van der Waals surface area (Å²) < 4.78 is 16.0. The first-order valence-electron chi connectivity index (χ1n) is 12.1. The molecule has 0 aromatic carbocycles. The Balaban J connectivity index is 1.27. The van der Waals surface area contributed by atoms with Crippen LogP contribution in [-0.2, 0) is 17.6 Å². The van der Waals surface area contributed by atoms with Crippen LogP contribution in [0.25, 0.3) is 0 Å². The number of aryl methyl sites for hydroxylation is 1. The Morgan fingerprint density at radius 1 is 1.20 bits per heavy atom. The molecule has 2 saturated carbocycles. The van der Waals surface area contributed by atoms with E-state index in [1.54, 1.807) is 18.5 Å². The van der Waals surface area contributed by atoms with E-state index in [2.05, 4.69) is 31.1 Å². The number of nitrogens with one attached hydrogen (secondary N) is 3. The van der Waals surface area contributed by atoms with Gasteiger partial charge in [-0.05, 0) is 68.6 Å². The molecule has 3 aliphatic rings. The Kier molecular flexibility index (Phi) is 5.71. The fourth-order valence-electron chi connectivity index (χ4n) is 4.54. The topological polar surface area (TPSA) is 114 Å². The summed E-state index contributed by atoms with van der Waals surface area (Å²) in [6.07, 6.45) is 9.31. The zero-order valence-corrected chi connectivity index (χ0v) is 19.9. The lowest BCUT2D eigenvalue weighted by atomic mass is 9.91. The number of thiophene rings is 1. The van der Waals surface area contributed by atoms with Crippen molar-refractivity contribution in [3.63, 3.8) is 0 Å². The van der Waals surface area contributed by atoms with Gasteiger partial charge in [0.05, 0.1) is 11.3 Å². The van der Waals surface area contributed by atoms with Crippen molar-refractivity contribution < 1.29 is 14.0 Å².